The molecule has 0 bridgehead atoms. The van der Waals surface area contributed by atoms with Gasteiger partial charge in [0.05, 0.1) is 5.54 Å². The van der Waals surface area contributed by atoms with Crippen molar-refractivity contribution in [2.75, 3.05) is 0 Å². The van der Waals surface area contributed by atoms with Crippen molar-refractivity contribution in [1.29, 1.82) is 0 Å². The van der Waals surface area contributed by atoms with Crippen molar-refractivity contribution >= 4 is 5.84 Å². The normalized spacial score (nSPS) is 14.5. The molecule has 0 aliphatic heterocycles. The van der Waals surface area contributed by atoms with E-state index >= 15 is 0 Å². The number of nitrogens with two attached hydrogens (primary N) is 1. The Kier molecular flexibility index (Phi) is 3.91. The molecule has 0 spiro atoms. The Morgan fingerprint density at radius 2 is 1.69 bits per heavy atom. The van der Waals surface area contributed by atoms with E-state index in [1.165, 1.54) is 0 Å². The van der Waals surface area contributed by atoms with E-state index in [-0.39, 0.29) is 11.0 Å². The van der Waals surface area contributed by atoms with Crippen molar-refractivity contribution in [3.63, 3.8) is 0 Å². The minimum atomic E-state index is -0.0753. The van der Waals surface area contributed by atoms with Gasteiger partial charge in [0.1, 0.15) is 5.84 Å². The van der Waals surface area contributed by atoms with Gasteiger partial charge < -0.3 is 5.43 Å². The zero-order chi connectivity index (χ0) is 10.7. The van der Waals surface area contributed by atoms with Crippen LogP contribution in [0.2, 0.25) is 0 Å². The molecule has 0 aromatic carbocycles. The molecule has 0 aromatic rings. The predicted molar refractivity (Wildman–Crippen MR) is 58.6 cm³/mol. The summed E-state index contributed by atoms with van der Waals surface area (Å²) in [6.45, 7) is 12.6. The lowest BCUT2D eigenvalue weighted by Crippen LogP contribution is -2.42. The van der Waals surface area contributed by atoms with Crippen molar-refractivity contribution in [1.82, 2.24) is 5.43 Å². The molecule has 0 saturated carbocycles. The van der Waals surface area contributed by atoms with Gasteiger partial charge in [-0.1, -0.05) is 20.8 Å². The first kappa shape index (κ1) is 12.4. The number of hydrogen-bond donors (Lipinski definition) is 2. The Bertz CT molecular complexity index is 187. The summed E-state index contributed by atoms with van der Waals surface area (Å²) >= 11 is 0. The molecule has 3 heteroatoms. The number of hydrazine groups is 1. The smallest absolute Gasteiger partial charge is 0.117 e. The molecular formula is C10H23N3. The lowest BCUT2D eigenvalue weighted by Gasteiger charge is -2.27. The van der Waals surface area contributed by atoms with E-state index in [2.05, 4.69) is 52.0 Å². The zero-order valence-electron chi connectivity index (χ0n) is 9.73. The first-order valence-electron chi connectivity index (χ1n) is 4.80. The summed E-state index contributed by atoms with van der Waals surface area (Å²) in [5, 5.41) is 0. The summed E-state index contributed by atoms with van der Waals surface area (Å²) in [4.78, 5) is 4.55. The number of rotatable bonds is 2. The van der Waals surface area contributed by atoms with Gasteiger partial charge in [-0.15, -0.1) is 0 Å². The van der Waals surface area contributed by atoms with Crippen LogP contribution in [-0.2, 0) is 0 Å². The van der Waals surface area contributed by atoms with E-state index in [1.54, 1.807) is 0 Å². The van der Waals surface area contributed by atoms with Crippen LogP contribution in [0, 0.1) is 5.41 Å². The molecule has 0 fully saturated rings. The fraction of sp³-hybridized carbons (Fsp3) is 0.900. The maximum Gasteiger partial charge on any atom is 0.117 e. The maximum absolute atomic E-state index is 5.46. The highest BCUT2D eigenvalue weighted by Gasteiger charge is 2.24. The standard InChI is InChI=1S/C10H23N3/c1-7-10(5,6)8(13-11)12-9(2,3)4/h7,11H2,1-6H3,(H,12,13). The first-order valence-corrected chi connectivity index (χ1v) is 4.80. The lowest BCUT2D eigenvalue weighted by molar-refractivity contribution is 0.467. The monoisotopic (exact) mass is 185 g/mol. The highest BCUT2D eigenvalue weighted by Crippen LogP contribution is 2.22. The maximum atomic E-state index is 5.46. The quantitative estimate of drug-likeness (QED) is 0.299. The van der Waals surface area contributed by atoms with Gasteiger partial charge in [-0.3, -0.25) is 4.99 Å². The first-order chi connectivity index (χ1) is 5.73. The van der Waals surface area contributed by atoms with Crippen LogP contribution in [0.1, 0.15) is 48.0 Å². The van der Waals surface area contributed by atoms with Gasteiger partial charge in [0, 0.05) is 5.41 Å². The number of amidine groups is 1. The summed E-state index contributed by atoms with van der Waals surface area (Å²) < 4.78 is 0. The third kappa shape index (κ3) is 4.27. The number of nitrogens with one attached hydrogen (secondary N) is 1. The van der Waals surface area contributed by atoms with Crippen LogP contribution in [0.3, 0.4) is 0 Å². The van der Waals surface area contributed by atoms with Crippen LogP contribution in [0.15, 0.2) is 4.99 Å². The van der Waals surface area contributed by atoms with Crippen molar-refractivity contribution in [2.45, 2.75) is 53.5 Å². The minimum absolute atomic E-state index is 0.0298. The van der Waals surface area contributed by atoms with Crippen molar-refractivity contribution in [3.05, 3.63) is 0 Å². The van der Waals surface area contributed by atoms with Gasteiger partial charge in [0.25, 0.3) is 0 Å². The summed E-state index contributed by atoms with van der Waals surface area (Å²) in [6, 6.07) is 0. The molecule has 0 unspecified atom stereocenters. The van der Waals surface area contributed by atoms with Crippen molar-refractivity contribution in [3.8, 4) is 0 Å². The van der Waals surface area contributed by atoms with Crippen LogP contribution in [-0.4, -0.2) is 11.4 Å². The van der Waals surface area contributed by atoms with Crippen molar-refractivity contribution in [2.24, 2.45) is 16.3 Å². The fourth-order valence-corrected chi connectivity index (χ4v) is 0.882. The van der Waals surface area contributed by atoms with Crippen LogP contribution in [0.25, 0.3) is 0 Å². The summed E-state index contributed by atoms with van der Waals surface area (Å²) in [6.07, 6.45) is 1.02. The van der Waals surface area contributed by atoms with E-state index in [1.807, 2.05) is 0 Å². The highest BCUT2D eigenvalue weighted by molar-refractivity contribution is 5.87. The molecule has 0 amide bonds. The molecule has 0 rings (SSSR count). The third-order valence-electron chi connectivity index (χ3n) is 2.11. The van der Waals surface area contributed by atoms with Gasteiger partial charge in [0.2, 0.25) is 0 Å². The predicted octanol–water partition coefficient (Wildman–Crippen LogP) is 2.08. The van der Waals surface area contributed by atoms with Crippen LogP contribution >= 0.6 is 0 Å². The van der Waals surface area contributed by atoms with Gasteiger partial charge in [-0.2, -0.15) is 0 Å². The highest BCUT2D eigenvalue weighted by atomic mass is 15.3. The molecule has 3 N–H and O–H groups in total. The van der Waals surface area contributed by atoms with E-state index in [9.17, 15) is 0 Å². The summed E-state index contributed by atoms with van der Waals surface area (Å²) in [5.74, 6) is 6.34. The molecule has 78 valence electrons. The average Bonchev–Trinajstić information content (AvgIpc) is 1.98. The lowest BCUT2D eigenvalue weighted by atomic mass is 9.88. The Labute approximate surface area is 81.8 Å². The SMILES string of the molecule is CCC(C)(C)C(=NC(C)(C)C)NN. The van der Waals surface area contributed by atoms with E-state index in [0.717, 1.165) is 12.3 Å². The van der Waals surface area contributed by atoms with E-state index in [0.29, 0.717) is 0 Å². The zero-order valence-corrected chi connectivity index (χ0v) is 9.73. The molecule has 0 aliphatic rings. The van der Waals surface area contributed by atoms with Crippen LogP contribution in [0.5, 0.6) is 0 Å². The molecular weight excluding hydrogens is 162 g/mol. The fourth-order valence-electron chi connectivity index (χ4n) is 0.882. The Balaban J connectivity index is 4.80. The summed E-state index contributed by atoms with van der Waals surface area (Å²) in [7, 11) is 0. The molecule has 0 aliphatic carbocycles. The van der Waals surface area contributed by atoms with Crippen molar-refractivity contribution < 1.29 is 0 Å². The number of hydrogen-bond acceptors (Lipinski definition) is 2. The molecule has 0 atom stereocenters. The Hall–Kier alpha value is -0.570. The molecule has 0 radical (unpaired) electrons. The number of aliphatic imine (C=N–C) groups is 1. The second-order valence-electron chi connectivity index (χ2n) is 5.01. The van der Waals surface area contributed by atoms with Gasteiger partial charge in [-0.05, 0) is 27.2 Å². The topological polar surface area (TPSA) is 50.4 Å². The largest absolute Gasteiger partial charge is 0.312 e. The Morgan fingerprint density at radius 1 is 1.23 bits per heavy atom. The van der Waals surface area contributed by atoms with E-state index in [4.69, 9.17) is 5.84 Å². The number of nitrogens with zero attached hydrogens (tertiary/aromatic N) is 1. The molecule has 3 nitrogen and oxygen atoms in total. The third-order valence-corrected chi connectivity index (χ3v) is 2.11. The molecule has 0 aromatic heterocycles. The second kappa shape index (κ2) is 4.09. The van der Waals surface area contributed by atoms with Crippen LogP contribution < -0.4 is 11.3 Å². The second-order valence-corrected chi connectivity index (χ2v) is 5.01. The minimum Gasteiger partial charge on any atom is -0.312 e. The van der Waals surface area contributed by atoms with Crippen LogP contribution in [0.4, 0.5) is 0 Å². The average molecular weight is 185 g/mol. The molecule has 13 heavy (non-hydrogen) atoms. The van der Waals surface area contributed by atoms with Gasteiger partial charge >= 0.3 is 0 Å². The Morgan fingerprint density at radius 3 is 1.92 bits per heavy atom. The van der Waals surface area contributed by atoms with Gasteiger partial charge in [-0.25, -0.2) is 5.84 Å². The molecule has 0 heterocycles. The summed E-state index contributed by atoms with van der Waals surface area (Å²) in [5.41, 5.74) is 2.65. The molecule has 0 saturated heterocycles. The van der Waals surface area contributed by atoms with E-state index < -0.39 is 0 Å². The van der Waals surface area contributed by atoms with Gasteiger partial charge in [0.15, 0.2) is 0 Å².